The molecule has 0 saturated carbocycles. The van der Waals surface area contributed by atoms with Gasteiger partial charge in [-0.25, -0.2) is 0 Å². The van der Waals surface area contributed by atoms with Gasteiger partial charge < -0.3 is 10.1 Å². The number of ether oxygens (including phenoxy) is 1. The van der Waals surface area contributed by atoms with Crippen LogP contribution in [0.2, 0.25) is 0 Å². The molecule has 1 saturated heterocycles. The molecule has 0 amide bonds. The number of rotatable bonds is 5. The van der Waals surface area contributed by atoms with Crippen molar-refractivity contribution in [2.45, 2.75) is 39.3 Å². The summed E-state index contributed by atoms with van der Waals surface area (Å²) >= 11 is 0. The largest absolute Gasteiger partial charge is 0.383 e. The average molecular weight is 228 g/mol. The average Bonchev–Trinajstić information content (AvgIpc) is 2.25. The van der Waals surface area contributed by atoms with Crippen molar-refractivity contribution >= 4 is 0 Å². The molecule has 96 valence electrons. The van der Waals surface area contributed by atoms with Gasteiger partial charge in [0.15, 0.2) is 0 Å². The fourth-order valence-corrected chi connectivity index (χ4v) is 2.80. The quantitative estimate of drug-likeness (QED) is 0.773. The topological polar surface area (TPSA) is 24.5 Å². The van der Waals surface area contributed by atoms with Gasteiger partial charge in [-0.05, 0) is 25.3 Å². The third-order valence-corrected chi connectivity index (χ3v) is 3.88. The van der Waals surface area contributed by atoms with Crippen molar-refractivity contribution in [2.75, 3.05) is 33.9 Å². The Morgan fingerprint density at radius 1 is 1.44 bits per heavy atom. The van der Waals surface area contributed by atoms with Crippen molar-refractivity contribution in [3.63, 3.8) is 0 Å². The lowest BCUT2D eigenvalue weighted by atomic mass is 9.91. The predicted octanol–water partition coefficient (Wildman–Crippen LogP) is 1.59. The van der Waals surface area contributed by atoms with Gasteiger partial charge in [-0.3, -0.25) is 4.90 Å². The normalized spacial score (nSPS) is 29.6. The number of hydrogen-bond acceptors (Lipinski definition) is 3. The molecule has 1 N–H and O–H groups in total. The minimum Gasteiger partial charge on any atom is -0.383 e. The summed E-state index contributed by atoms with van der Waals surface area (Å²) in [6.07, 6.45) is 1.25. The molecule has 0 aromatic rings. The van der Waals surface area contributed by atoms with E-state index in [4.69, 9.17) is 4.74 Å². The standard InChI is InChI=1S/C13H28N2O/c1-10(2)13(9-16-5)15-7-6-12(14-4)11(3)8-15/h10-14H,6-9H2,1-5H3. The summed E-state index contributed by atoms with van der Waals surface area (Å²) in [5, 5.41) is 3.42. The van der Waals surface area contributed by atoms with Crippen molar-refractivity contribution in [1.29, 1.82) is 0 Å². The molecule has 1 rings (SSSR count). The lowest BCUT2D eigenvalue weighted by Crippen LogP contribution is -2.53. The Balaban J connectivity index is 2.53. The maximum absolute atomic E-state index is 5.35. The van der Waals surface area contributed by atoms with Crippen molar-refractivity contribution in [2.24, 2.45) is 11.8 Å². The van der Waals surface area contributed by atoms with E-state index in [-0.39, 0.29) is 0 Å². The fraction of sp³-hybridized carbons (Fsp3) is 1.00. The van der Waals surface area contributed by atoms with E-state index in [1.54, 1.807) is 7.11 Å². The SMILES string of the molecule is CNC1CCN(C(COC)C(C)C)CC1C. The van der Waals surface area contributed by atoms with Crippen molar-refractivity contribution in [3.8, 4) is 0 Å². The smallest absolute Gasteiger partial charge is 0.0620 e. The monoisotopic (exact) mass is 228 g/mol. The number of nitrogens with one attached hydrogen (secondary N) is 1. The van der Waals surface area contributed by atoms with E-state index >= 15 is 0 Å². The molecule has 3 nitrogen and oxygen atoms in total. The molecule has 0 aromatic heterocycles. The maximum atomic E-state index is 5.35. The van der Waals surface area contributed by atoms with Gasteiger partial charge in [0.05, 0.1) is 6.61 Å². The number of methoxy groups -OCH3 is 1. The van der Waals surface area contributed by atoms with Crippen LogP contribution in [0.5, 0.6) is 0 Å². The van der Waals surface area contributed by atoms with Crippen LogP contribution < -0.4 is 5.32 Å². The molecular weight excluding hydrogens is 200 g/mol. The minimum atomic E-state index is 0.574. The fourth-order valence-electron chi connectivity index (χ4n) is 2.80. The predicted molar refractivity (Wildman–Crippen MR) is 68.7 cm³/mol. The van der Waals surface area contributed by atoms with Gasteiger partial charge in [0.2, 0.25) is 0 Å². The minimum absolute atomic E-state index is 0.574. The van der Waals surface area contributed by atoms with Gasteiger partial charge >= 0.3 is 0 Å². The highest BCUT2D eigenvalue weighted by Gasteiger charge is 2.30. The molecule has 1 aliphatic heterocycles. The summed E-state index contributed by atoms with van der Waals surface area (Å²) in [4.78, 5) is 2.60. The molecule has 1 fully saturated rings. The van der Waals surface area contributed by atoms with Gasteiger partial charge in [-0.2, -0.15) is 0 Å². The van der Waals surface area contributed by atoms with E-state index in [1.165, 1.54) is 19.5 Å². The maximum Gasteiger partial charge on any atom is 0.0620 e. The highest BCUT2D eigenvalue weighted by Crippen LogP contribution is 2.21. The van der Waals surface area contributed by atoms with E-state index < -0.39 is 0 Å². The first-order valence-corrected chi connectivity index (χ1v) is 6.50. The first-order valence-electron chi connectivity index (χ1n) is 6.50. The third kappa shape index (κ3) is 3.44. The molecule has 0 spiro atoms. The molecule has 0 bridgehead atoms. The van der Waals surface area contributed by atoms with E-state index in [1.807, 2.05) is 0 Å². The van der Waals surface area contributed by atoms with E-state index in [2.05, 4.69) is 38.0 Å². The Morgan fingerprint density at radius 3 is 2.56 bits per heavy atom. The van der Waals surface area contributed by atoms with Gasteiger partial charge in [0.25, 0.3) is 0 Å². The van der Waals surface area contributed by atoms with Crippen molar-refractivity contribution in [3.05, 3.63) is 0 Å². The van der Waals surface area contributed by atoms with Crippen LogP contribution in [0.4, 0.5) is 0 Å². The molecule has 3 unspecified atom stereocenters. The Kier molecular flexibility index (Phi) is 5.73. The van der Waals surface area contributed by atoms with E-state index in [0.29, 0.717) is 18.0 Å². The van der Waals surface area contributed by atoms with Gasteiger partial charge in [0, 0.05) is 32.3 Å². The summed E-state index contributed by atoms with van der Waals surface area (Å²) in [7, 11) is 3.88. The summed E-state index contributed by atoms with van der Waals surface area (Å²) in [5.74, 6) is 1.40. The molecule has 16 heavy (non-hydrogen) atoms. The molecular formula is C13H28N2O. The third-order valence-electron chi connectivity index (χ3n) is 3.88. The molecule has 3 heteroatoms. The molecule has 1 heterocycles. The van der Waals surface area contributed by atoms with Crippen LogP contribution in [-0.4, -0.2) is 50.8 Å². The van der Waals surface area contributed by atoms with Crippen LogP contribution in [0.15, 0.2) is 0 Å². The number of nitrogens with zero attached hydrogens (tertiary/aromatic N) is 1. The summed E-state index contributed by atoms with van der Waals surface area (Å²) in [6, 6.07) is 1.26. The molecule has 3 atom stereocenters. The summed E-state index contributed by atoms with van der Waals surface area (Å²) in [6.45, 7) is 10.2. The second-order valence-electron chi connectivity index (χ2n) is 5.42. The van der Waals surface area contributed by atoms with Crippen LogP contribution in [-0.2, 0) is 4.74 Å². The Labute approximate surface area is 101 Å². The second kappa shape index (κ2) is 6.58. The van der Waals surface area contributed by atoms with Crippen molar-refractivity contribution < 1.29 is 4.74 Å². The highest BCUT2D eigenvalue weighted by atomic mass is 16.5. The Hall–Kier alpha value is -0.120. The zero-order valence-electron chi connectivity index (χ0n) is 11.5. The molecule has 1 aliphatic rings. The van der Waals surface area contributed by atoms with Crippen LogP contribution >= 0.6 is 0 Å². The zero-order valence-corrected chi connectivity index (χ0v) is 11.5. The van der Waals surface area contributed by atoms with Gasteiger partial charge in [0.1, 0.15) is 0 Å². The number of likely N-dealkylation sites (tertiary alicyclic amines) is 1. The van der Waals surface area contributed by atoms with Gasteiger partial charge in [-0.1, -0.05) is 20.8 Å². The van der Waals surface area contributed by atoms with E-state index in [0.717, 1.165) is 12.5 Å². The zero-order chi connectivity index (χ0) is 12.1. The van der Waals surface area contributed by atoms with Crippen molar-refractivity contribution in [1.82, 2.24) is 10.2 Å². The molecule has 0 aliphatic carbocycles. The van der Waals surface area contributed by atoms with Crippen LogP contribution in [0.25, 0.3) is 0 Å². The Morgan fingerprint density at radius 2 is 2.12 bits per heavy atom. The highest BCUT2D eigenvalue weighted by molar-refractivity contribution is 4.86. The Bertz CT molecular complexity index is 196. The second-order valence-corrected chi connectivity index (χ2v) is 5.42. The van der Waals surface area contributed by atoms with Gasteiger partial charge in [-0.15, -0.1) is 0 Å². The summed E-state index contributed by atoms with van der Waals surface area (Å²) < 4.78 is 5.35. The molecule has 0 radical (unpaired) electrons. The lowest BCUT2D eigenvalue weighted by Gasteiger charge is -2.42. The molecule has 0 aromatic carbocycles. The van der Waals surface area contributed by atoms with Crippen LogP contribution in [0.3, 0.4) is 0 Å². The summed E-state index contributed by atoms with van der Waals surface area (Å²) in [5.41, 5.74) is 0. The first kappa shape index (κ1) is 13.9. The van der Waals surface area contributed by atoms with E-state index in [9.17, 15) is 0 Å². The first-order chi connectivity index (χ1) is 7.60. The van der Waals surface area contributed by atoms with Crippen LogP contribution in [0.1, 0.15) is 27.2 Å². The van der Waals surface area contributed by atoms with Crippen LogP contribution in [0, 0.1) is 11.8 Å². The number of piperidine rings is 1. The number of hydrogen-bond donors (Lipinski definition) is 1. The lowest BCUT2D eigenvalue weighted by molar-refractivity contribution is 0.0307.